The van der Waals surface area contributed by atoms with Crippen LogP contribution in [0.5, 0.6) is 0 Å². The van der Waals surface area contributed by atoms with Gasteiger partial charge in [-0.1, -0.05) is 81.8 Å². The smallest absolute Gasteiger partial charge is 0.131 e. The molecule has 0 heterocycles. The number of ether oxygens (including phenoxy) is 1. The Morgan fingerprint density at radius 1 is 0.771 bits per heavy atom. The predicted molar refractivity (Wildman–Crippen MR) is 146 cm³/mol. The number of methoxy groups -OCH3 is 1. The van der Waals surface area contributed by atoms with Crippen LogP contribution in [0.3, 0.4) is 0 Å². The van der Waals surface area contributed by atoms with E-state index in [-0.39, 0.29) is 5.82 Å². The second-order valence-electron chi connectivity index (χ2n) is 11.5. The quantitative estimate of drug-likeness (QED) is 0.292. The summed E-state index contributed by atoms with van der Waals surface area (Å²) in [5, 5.41) is 0. The van der Waals surface area contributed by atoms with Crippen molar-refractivity contribution in [3.8, 4) is 11.1 Å². The van der Waals surface area contributed by atoms with Crippen LogP contribution in [0.1, 0.15) is 107 Å². The Kier molecular flexibility index (Phi) is 10.2. The summed E-state index contributed by atoms with van der Waals surface area (Å²) in [6.45, 7) is 3.20. The van der Waals surface area contributed by atoms with Gasteiger partial charge in [-0.15, -0.1) is 0 Å². The normalized spacial score (nSPS) is 25.0. The average molecular weight is 479 g/mol. The van der Waals surface area contributed by atoms with Crippen molar-refractivity contribution in [1.29, 1.82) is 0 Å². The number of hydrogen-bond donors (Lipinski definition) is 0. The summed E-state index contributed by atoms with van der Waals surface area (Å²) in [7, 11) is 1.82. The molecule has 0 saturated heterocycles. The molecule has 2 aromatic rings. The highest BCUT2D eigenvalue weighted by atomic mass is 19.1. The van der Waals surface area contributed by atoms with Crippen LogP contribution in [0.2, 0.25) is 0 Å². The third-order valence-electron chi connectivity index (χ3n) is 9.00. The van der Waals surface area contributed by atoms with Gasteiger partial charge in [0.15, 0.2) is 0 Å². The van der Waals surface area contributed by atoms with Gasteiger partial charge < -0.3 is 4.74 Å². The first kappa shape index (κ1) is 26.4. The van der Waals surface area contributed by atoms with Crippen LogP contribution in [0, 0.1) is 23.6 Å². The molecular formula is C33H47FO. The van der Waals surface area contributed by atoms with Crippen LogP contribution in [0.15, 0.2) is 42.5 Å². The summed E-state index contributed by atoms with van der Waals surface area (Å²) in [5.74, 6) is 2.98. The summed E-state index contributed by atoms with van der Waals surface area (Å²) < 4.78 is 20.5. The molecule has 192 valence electrons. The molecule has 0 radical (unpaired) electrons. The zero-order valence-corrected chi connectivity index (χ0v) is 22.2. The Bertz CT molecular complexity index is 872. The molecule has 0 aromatic heterocycles. The monoisotopic (exact) mass is 478 g/mol. The molecular weight excluding hydrogens is 431 g/mol. The Morgan fingerprint density at radius 3 is 2.09 bits per heavy atom. The number of rotatable bonds is 11. The van der Waals surface area contributed by atoms with Crippen molar-refractivity contribution in [1.82, 2.24) is 0 Å². The summed E-state index contributed by atoms with van der Waals surface area (Å²) in [4.78, 5) is 0. The minimum Gasteiger partial charge on any atom is -0.384 e. The standard InChI is InChI=1S/C33H47FO/c1-3-4-5-6-25-13-17-29(18-14-25)31-21-22-32(33(34)23-31)30-19-15-27(16-20-30)8-7-26-9-11-28(12-10-26)24-35-2/h15-16,19-23,25-26,28-29H,3-14,17-18,24H2,1-2H3. The van der Waals surface area contributed by atoms with Gasteiger partial charge >= 0.3 is 0 Å². The lowest BCUT2D eigenvalue weighted by molar-refractivity contribution is 0.117. The summed E-state index contributed by atoms with van der Waals surface area (Å²) in [6.07, 6.45) is 18.2. The first-order valence-electron chi connectivity index (χ1n) is 14.5. The molecule has 0 aliphatic heterocycles. The Hall–Kier alpha value is -1.67. The maximum absolute atomic E-state index is 15.1. The molecule has 2 heteroatoms. The van der Waals surface area contributed by atoms with Crippen molar-refractivity contribution in [2.45, 2.75) is 103 Å². The average Bonchev–Trinajstić information content (AvgIpc) is 2.89. The van der Waals surface area contributed by atoms with E-state index in [4.69, 9.17) is 4.74 Å². The molecule has 2 aromatic carbocycles. The van der Waals surface area contributed by atoms with Gasteiger partial charge in [-0.25, -0.2) is 4.39 Å². The first-order valence-corrected chi connectivity index (χ1v) is 14.5. The Morgan fingerprint density at radius 2 is 1.43 bits per heavy atom. The fraction of sp³-hybridized carbons (Fsp3) is 0.636. The molecule has 2 saturated carbocycles. The van der Waals surface area contributed by atoms with Gasteiger partial charge in [0.05, 0.1) is 0 Å². The summed E-state index contributed by atoms with van der Waals surface area (Å²) in [5.41, 5.74) is 4.32. The van der Waals surface area contributed by atoms with E-state index in [1.165, 1.54) is 94.6 Å². The van der Waals surface area contributed by atoms with Gasteiger partial charge in [0, 0.05) is 19.3 Å². The topological polar surface area (TPSA) is 9.23 Å². The predicted octanol–water partition coefficient (Wildman–Crippen LogP) is 9.73. The fourth-order valence-electron chi connectivity index (χ4n) is 6.63. The van der Waals surface area contributed by atoms with Crippen LogP contribution in [-0.2, 0) is 11.2 Å². The third kappa shape index (κ3) is 7.66. The number of aryl methyl sites for hydroxylation is 1. The number of benzene rings is 2. The van der Waals surface area contributed by atoms with E-state index in [1.807, 2.05) is 19.2 Å². The van der Waals surface area contributed by atoms with Gasteiger partial charge in [0.1, 0.15) is 5.82 Å². The maximum Gasteiger partial charge on any atom is 0.131 e. The molecule has 0 atom stereocenters. The Labute approximate surface area is 213 Å². The highest BCUT2D eigenvalue weighted by Crippen LogP contribution is 2.39. The van der Waals surface area contributed by atoms with E-state index >= 15 is 4.39 Å². The lowest BCUT2D eigenvalue weighted by Gasteiger charge is -2.29. The number of hydrogen-bond acceptors (Lipinski definition) is 1. The zero-order valence-electron chi connectivity index (χ0n) is 22.2. The summed E-state index contributed by atoms with van der Waals surface area (Å²) in [6, 6.07) is 14.7. The maximum atomic E-state index is 15.1. The molecule has 2 aliphatic rings. The van der Waals surface area contributed by atoms with Crippen molar-refractivity contribution >= 4 is 0 Å². The molecule has 35 heavy (non-hydrogen) atoms. The molecule has 4 rings (SSSR count). The van der Waals surface area contributed by atoms with E-state index in [2.05, 4.69) is 37.3 Å². The lowest BCUT2D eigenvalue weighted by atomic mass is 9.77. The molecule has 2 aliphatic carbocycles. The Balaban J connectivity index is 1.26. The lowest BCUT2D eigenvalue weighted by Crippen LogP contribution is -2.18. The zero-order chi connectivity index (χ0) is 24.5. The molecule has 2 fully saturated rings. The van der Waals surface area contributed by atoms with Crippen molar-refractivity contribution < 1.29 is 9.13 Å². The molecule has 0 spiro atoms. The molecule has 0 N–H and O–H groups in total. The first-order chi connectivity index (χ1) is 17.2. The number of unbranched alkanes of at least 4 members (excludes halogenated alkanes) is 2. The van der Waals surface area contributed by atoms with Gasteiger partial charge in [-0.3, -0.25) is 0 Å². The molecule has 1 nitrogen and oxygen atoms in total. The third-order valence-corrected chi connectivity index (χ3v) is 9.00. The van der Waals surface area contributed by atoms with Crippen LogP contribution >= 0.6 is 0 Å². The highest BCUT2D eigenvalue weighted by Gasteiger charge is 2.23. The fourth-order valence-corrected chi connectivity index (χ4v) is 6.63. The molecule has 0 unspecified atom stereocenters. The summed E-state index contributed by atoms with van der Waals surface area (Å²) >= 11 is 0. The molecule has 0 bridgehead atoms. The second-order valence-corrected chi connectivity index (χ2v) is 11.5. The van der Waals surface area contributed by atoms with Crippen molar-refractivity contribution in [3.05, 3.63) is 59.4 Å². The second kappa shape index (κ2) is 13.6. The van der Waals surface area contributed by atoms with Gasteiger partial charge in [0.2, 0.25) is 0 Å². The largest absolute Gasteiger partial charge is 0.384 e. The van der Waals surface area contributed by atoms with Crippen molar-refractivity contribution in [2.24, 2.45) is 17.8 Å². The van der Waals surface area contributed by atoms with E-state index in [0.29, 0.717) is 5.92 Å². The minimum absolute atomic E-state index is 0.0619. The van der Waals surface area contributed by atoms with Crippen molar-refractivity contribution in [2.75, 3.05) is 13.7 Å². The van der Waals surface area contributed by atoms with Crippen LogP contribution in [0.25, 0.3) is 11.1 Å². The molecule has 0 amide bonds. The van der Waals surface area contributed by atoms with E-state index < -0.39 is 0 Å². The number of halogens is 1. The SMILES string of the molecule is CCCCCC1CCC(c2ccc(-c3ccc(CCC4CCC(COC)CC4)cc3)c(F)c2)CC1. The van der Waals surface area contributed by atoms with Crippen LogP contribution in [0.4, 0.5) is 4.39 Å². The van der Waals surface area contributed by atoms with Gasteiger partial charge in [-0.2, -0.15) is 0 Å². The van der Waals surface area contributed by atoms with Crippen molar-refractivity contribution in [3.63, 3.8) is 0 Å². The van der Waals surface area contributed by atoms with Crippen LogP contribution in [-0.4, -0.2) is 13.7 Å². The van der Waals surface area contributed by atoms with Crippen LogP contribution < -0.4 is 0 Å². The van der Waals surface area contributed by atoms with E-state index in [9.17, 15) is 0 Å². The minimum atomic E-state index is -0.0619. The highest BCUT2D eigenvalue weighted by molar-refractivity contribution is 5.65. The van der Waals surface area contributed by atoms with E-state index in [0.717, 1.165) is 41.9 Å². The van der Waals surface area contributed by atoms with Gasteiger partial charge in [0.25, 0.3) is 0 Å². The van der Waals surface area contributed by atoms with E-state index in [1.54, 1.807) is 0 Å². The van der Waals surface area contributed by atoms with Gasteiger partial charge in [-0.05, 0) is 97.8 Å².